The van der Waals surface area contributed by atoms with Crippen molar-refractivity contribution in [2.75, 3.05) is 0 Å². The Morgan fingerprint density at radius 3 is 2.57 bits per heavy atom. The third-order valence-corrected chi connectivity index (χ3v) is 2.16. The molecule has 0 aliphatic heterocycles. The lowest BCUT2D eigenvalue weighted by molar-refractivity contribution is -0.0497. The van der Waals surface area contributed by atoms with Gasteiger partial charge in [0.1, 0.15) is 5.02 Å². The molecular formula is C8H8ClF2NO2. The van der Waals surface area contributed by atoms with Crippen molar-refractivity contribution in [3.05, 3.63) is 16.9 Å². The molecule has 0 bridgehead atoms. The minimum Gasteiger partial charge on any atom is -0.432 e. The van der Waals surface area contributed by atoms with Crippen LogP contribution in [-0.4, -0.2) is 17.1 Å². The molecule has 78 valence electrons. The summed E-state index contributed by atoms with van der Waals surface area (Å²) in [6, 6.07) is 0. The average Bonchev–Trinajstić information content (AvgIpc) is 2.32. The largest absolute Gasteiger partial charge is 0.432 e. The van der Waals surface area contributed by atoms with Crippen LogP contribution in [0.15, 0.2) is 6.20 Å². The Balaban J connectivity index is 3.08. The lowest BCUT2D eigenvalue weighted by Gasteiger charge is -2.00. The summed E-state index contributed by atoms with van der Waals surface area (Å²) in [5, 5.41) is 0.0282. The van der Waals surface area contributed by atoms with Crippen LogP contribution in [0.3, 0.4) is 0 Å². The molecule has 6 heteroatoms. The Morgan fingerprint density at radius 1 is 1.64 bits per heavy atom. The number of hydrogen-bond acceptors (Lipinski definition) is 2. The Bertz CT molecular complexity index is 362. The van der Waals surface area contributed by atoms with Gasteiger partial charge in [0.2, 0.25) is 5.91 Å². The molecule has 3 nitrogen and oxygen atoms in total. The predicted octanol–water partition coefficient (Wildman–Crippen LogP) is 2.71. The van der Waals surface area contributed by atoms with Gasteiger partial charge >= 0.3 is 6.61 Å². The lowest BCUT2D eigenvalue weighted by Crippen LogP contribution is -2.05. The summed E-state index contributed by atoms with van der Waals surface area (Å²) in [5.41, 5.74) is 0.384. The molecule has 0 atom stereocenters. The maximum absolute atomic E-state index is 11.9. The molecule has 0 fully saturated rings. The quantitative estimate of drug-likeness (QED) is 0.772. The standard InChI is InChI=1S/C8H8ClF2NO2/c1-4-7(9)6(14-8(10)11)3-12(4)5(2)13/h3,8H,1-2H3. The molecule has 1 aromatic heterocycles. The number of alkyl halides is 2. The van der Waals surface area contributed by atoms with E-state index in [9.17, 15) is 13.6 Å². The van der Waals surface area contributed by atoms with Crippen LogP contribution in [0.4, 0.5) is 8.78 Å². The fourth-order valence-electron chi connectivity index (χ4n) is 1.06. The number of carbonyl (C=O) groups is 1. The monoisotopic (exact) mass is 223 g/mol. The van der Waals surface area contributed by atoms with Gasteiger partial charge in [-0.15, -0.1) is 0 Å². The summed E-state index contributed by atoms with van der Waals surface area (Å²) in [6.07, 6.45) is 1.14. The Hall–Kier alpha value is -1.10. The van der Waals surface area contributed by atoms with Crippen molar-refractivity contribution in [3.63, 3.8) is 0 Å². The third kappa shape index (κ3) is 2.04. The zero-order chi connectivity index (χ0) is 10.9. The molecule has 1 aromatic rings. The summed E-state index contributed by atoms with van der Waals surface area (Å²) >= 11 is 5.67. The Kier molecular flexibility index (Phi) is 3.10. The summed E-state index contributed by atoms with van der Waals surface area (Å²) in [6.45, 7) is -0.105. The summed E-state index contributed by atoms with van der Waals surface area (Å²) in [5.74, 6) is -0.497. The van der Waals surface area contributed by atoms with Crippen molar-refractivity contribution in [2.24, 2.45) is 0 Å². The molecule has 14 heavy (non-hydrogen) atoms. The van der Waals surface area contributed by atoms with E-state index in [0.29, 0.717) is 5.69 Å². The lowest BCUT2D eigenvalue weighted by atomic mass is 10.4. The van der Waals surface area contributed by atoms with Crippen LogP contribution < -0.4 is 4.74 Å². The predicted molar refractivity (Wildman–Crippen MR) is 47.1 cm³/mol. The van der Waals surface area contributed by atoms with Crippen molar-refractivity contribution in [2.45, 2.75) is 20.5 Å². The van der Waals surface area contributed by atoms with E-state index in [4.69, 9.17) is 11.6 Å². The van der Waals surface area contributed by atoms with Crippen LogP contribution in [0.25, 0.3) is 0 Å². The van der Waals surface area contributed by atoms with Crippen LogP contribution in [0.5, 0.6) is 5.75 Å². The number of aromatic nitrogens is 1. The van der Waals surface area contributed by atoms with Crippen molar-refractivity contribution < 1.29 is 18.3 Å². The first-order valence-corrected chi connectivity index (χ1v) is 4.14. The van der Waals surface area contributed by atoms with Crippen molar-refractivity contribution in [1.82, 2.24) is 4.57 Å². The Morgan fingerprint density at radius 2 is 2.21 bits per heavy atom. The molecule has 0 amide bonds. The molecule has 0 aliphatic rings. The highest BCUT2D eigenvalue weighted by Gasteiger charge is 2.16. The molecule has 1 heterocycles. The van der Waals surface area contributed by atoms with Crippen LogP contribution in [0, 0.1) is 6.92 Å². The van der Waals surface area contributed by atoms with Gasteiger partial charge < -0.3 is 4.74 Å². The van der Waals surface area contributed by atoms with Gasteiger partial charge in [0.05, 0.1) is 6.20 Å². The van der Waals surface area contributed by atoms with E-state index in [1.54, 1.807) is 6.92 Å². The molecule has 0 aromatic carbocycles. The van der Waals surface area contributed by atoms with Gasteiger partial charge in [0, 0.05) is 12.6 Å². The molecule has 0 radical (unpaired) electrons. The highest BCUT2D eigenvalue weighted by Crippen LogP contribution is 2.30. The topological polar surface area (TPSA) is 31.2 Å². The molecule has 0 spiro atoms. The highest BCUT2D eigenvalue weighted by atomic mass is 35.5. The first kappa shape index (κ1) is 11.0. The second-order valence-corrected chi connectivity index (χ2v) is 3.04. The minimum atomic E-state index is -2.95. The van der Waals surface area contributed by atoms with Gasteiger partial charge in [-0.1, -0.05) is 11.6 Å². The first-order chi connectivity index (χ1) is 6.43. The van der Waals surface area contributed by atoms with Crippen LogP contribution in [-0.2, 0) is 0 Å². The normalized spacial score (nSPS) is 10.7. The number of hydrogen-bond donors (Lipinski definition) is 0. The highest BCUT2D eigenvalue weighted by molar-refractivity contribution is 6.33. The molecule has 0 saturated heterocycles. The number of halogens is 3. The van der Waals surface area contributed by atoms with E-state index in [0.717, 1.165) is 10.8 Å². The van der Waals surface area contributed by atoms with E-state index >= 15 is 0 Å². The van der Waals surface area contributed by atoms with E-state index < -0.39 is 6.61 Å². The SMILES string of the molecule is CC(=O)n1cc(OC(F)F)c(Cl)c1C. The Labute approximate surface area is 84.2 Å². The number of rotatable bonds is 2. The number of carbonyl (C=O) groups excluding carboxylic acids is 1. The smallest absolute Gasteiger partial charge is 0.387 e. The second kappa shape index (κ2) is 3.96. The molecular weight excluding hydrogens is 216 g/mol. The first-order valence-electron chi connectivity index (χ1n) is 3.76. The fraction of sp³-hybridized carbons (Fsp3) is 0.375. The van der Waals surface area contributed by atoms with E-state index in [2.05, 4.69) is 4.74 Å². The summed E-state index contributed by atoms with van der Waals surface area (Å²) < 4.78 is 29.0. The zero-order valence-corrected chi connectivity index (χ0v) is 8.31. The zero-order valence-electron chi connectivity index (χ0n) is 7.55. The average molecular weight is 224 g/mol. The van der Waals surface area contributed by atoms with Gasteiger partial charge in [-0.2, -0.15) is 8.78 Å². The summed E-state index contributed by atoms with van der Waals surface area (Å²) in [4.78, 5) is 11.0. The van der Waals surface area contributed by atoms with Gasteiger partial charge in [-0.25, -0.2) is 0 Å². The van der Waals surface area contributed by atoms with E-state index in [1.807, 2.05) is 0 Å². The van der Waals surface area contributed by atoms with Crippen molar-refractivity contribution >= 4 is 17.5 Å². The molecule has 0 unspecified atom stereocenters. The molecule has 0 aliphatic carbocycles. The van der Waals surface area contributed by atoms with E-state index in [-0.39, 0.29) is 16.7 Å². The van der Waals surface area contributed by atoms with Crippen LogP contribution >= 0.6 is 11.6 Å². The molecule has 1 rings (SSSR count). The second-order valence-electron chi connectivity index (χ2n) is 2.66. The molecule has 0 saturated carbocycles. The van der Waals surface area contributed by atoms with E-state index in [1.165, 1.54) is 6.92 Å². The third-order valence-electron chi connectivity index (χ3n) is 1.70. The van der Waals surface area contributed by atoms with Crippen LogP contribution in [0.2, 0.25) is 5.02 Å². The van der Waals surface area contributed by atoms with Crippen molar-refractivity contribution in [3.8, 4) is 5.75 Å². The fourth-order valence-corrected chi connectivity index (χ4v) is 1.24. The maximum atomic E-state index is 11.9. The summed E-state index contributed by atoms with van der Waals surface area (Å²) in [7, 11) is 0. The van der Waals surface area contributed by atoms with Gasteiger partial charge in [0.25, 0.3) is 0 Å². The minimum absolute atomic E-state index is 0.0282. The molecule has 0 N–H and O–H groups in total. The number of ether oxygens (including phenoxy) is 1. The van der Waals surface area contributed by atoms with Gasteiger partial charge in [0.15, 0.2) is 5.75 Å². The van der Waals surface area contributed by atoms with Gasteiger partial charge in [-0.05, 0) is 6.92 Å². The van der Waals surface area contributed by atoms with Crippen molar-refractivity contribution in [1.29, 1.82) is 0 Å². The number of nitrogens with zero attached hydrogens (tertiary/aromatic N) is 1. The van der Waals surface area contributed by atoms with Crippen LogP contribution in [0.1, 0.15) is 17.4 Å². The van der Waals surface area contributed by atoms with Gasteiger partial charge in [-0.3, -0.25) is 9.36 Å². The maximum Gasteiger partial charge on any atom is 0.387 e.